The molecule has 2 aromatic carbocycles. The van der Waals surface area contributed by atoms with E-state index in [0.29, 0.717) is 22.8 Å². The van der Waals surface area contributed by atoms with E-state index >= 15 is 0 Å². The van der Waals surface area contributed by atoms with Crippen LogP contribution in [0.15, 0.2) is 49.0 Å². The number of ether oxygens (including phenoxy) is 1. The zero-order valence-corrected chi connectivity index (χ0v) is 19.2. The second kappa shape index (κ2) is 9.92. The van der Waals surface area contributed by atoms with Crippen LogP contribution < -0.4 is 16.0 Å². The minimum atomic E-state index is -0.779. The third-order valence-electron chi connectivity index (χ3n) is 5.42. The van der Waals surface area contributed by atoms with Crippen molar-refractivity contribution in [2.75, 3.05) is 17.2 Å². The number of hydrogen-bond donors (Lipinski definition) is 5. The molecule has 0 aliphatic carbocycles. The summed E-state index contributed by atoms with van der Waals surface area (Å²) >= 11 is 6.27. The molecule has 7 nitrogen and oxygen atoms in total. The summed E-state index contributed by atoms with van der Waals surface area (Å²) in [4.78, 5) is 12.7. The fourth-order valence-electron chi connectivity index (χ4n) is 3.55. The van der Waals surface area contributed by atoms with Crippen molar-refractivity contribution < 1.29 is 19.7 Å². The number of halogens is 1. The van der Waals surface area contributed by atoms with Crippen molar-refractivity contribution in [1.29, 1.82) is 0 Å². The zero-order valence-electron chi connectivity index (χ0n) is 18.5. The number of benzene rings is 2. The summed E-state index contributed by atoms with van der Waals surface area (Å²) in [6, 6.07) is 12.5. The van der Waals surface area contributed by atoms with Crippen LogP contribution in [-0.4, -0.2) is 41.3 Å². The van der Waals surface area contributed by atoms with Gasteiger partial charge in [-0.25, -0.2) is 4.79 Å². The van der Waals surface area contributed by atoms with Crippen molar-refractivity contribution in [3.63, 3.8) is 0 Å². The van der Waals surface area contributed by atoms with Gasteiger partial charge in [0.05, 0.1) is 29.0 Å². The molecule has 8 heteroatoms. The number of urea groups is 1. The van der Waals surface area contributed by atoms with Gasteiger partial charge in [-0.3, -0.25) is 0 Å². The number of nitrogens with one attached hydrogen (secondary N) is 3. The Morgan fingerprint density at radius 1 is 1.28 bits per heavy atom. The van der Waals surface area contributed by atoms with Gasteiger partial charge in [0, 0.05) is 12.1 Å². The standard InChI is InChI=1S/C24H30ClN3O4/c1-14(2)15-6-5-7-16(10-15)24(3,4)28-23(31)26-17-8-9-19(25)20(11-17)27-22-21(30)12-18(13-29)32-22/h5-11,18,21-22,27,29-30H,1,12-13H2,2-4H3,(H2,26,28,31). The first kappa shape index (κ1) is 24.1. The van der Waals surface area contributed by atoms with Gasteiger partial charge in [0.2, 0.25) is 0 Å². The minimum Gasteiger partial charge on any atom is -0.394 e. The van der Waals surface area contributed by atoms with E-state index in [9.17, 15) is 15.0 Å². The van der Waals surface area contributed by atoms with Crippen molar-refractivity contribution >= 4 is 34.6 Å². The van der Waals surface area contributed by atoms with Crippen LogP contribution in [0.3, 0.4) is 0 Å². The Morgan fingerprint density at radius 2 is 2.03 bits per heavy atom. The fourth-order valence-corrected chi connectivity index (χ4v) is 3.73. The van der Waals surface area contributed by atoms with E-state index in [4.69, 9.17) is 16.3 Å². The molecule has 32 heavy (non-hydrogen) atoms. The topological polar surface area (TPSA) is 103 Å². The van der Waals surface area contributed by atoms with Gasteiger partial charge in [-0.15, -0.1) is 0 Å². The molecule has 5 N–H and O–H groups in total. The number of carbonyl (C=O) groups is 1. The number of aliphatic hydroxyl groups excluding tert-OH is 2. The quantitative estimate of drug-likeness (QED) is 0.424. The lowest BCUT2D eigenvalue weighted by atomic mass is 9.92. The van der Waals surface area contributed by atoms with E-state index in [2.05, 4.69) is 22.5 Å². The maximum Gasteiger partial charge on any atom is 0.319 e. The maximum atomic E-state index is 12.7. The molecular formula is C24H30ClN3O4. The Kier molecular flexibility index (Phi) is 7.46. The normalized spacial score (nSPS) is 20.6. The van der Waals surface area contributed by atoms with Crippen molar-refractivity contribution in [3.8, 4) is 0 Å². The molecule has 1 heterocycles. The van der Waals surface area contributed by atoms with E-state index in [-0.39, 0.29) is 12.6 Å². The average Bonchev–Trinajstić information content (AvgIpc) is 3.09. The van der Waals surface area contributed by atoms with E-state index in [0.717, 1.165) is 16.7 Å². The molecule has 172 valence electrons. The highest BCUT2D eigenvalue weighted by Gasteiger charge is 2.33. The highest BCUT2D eigenvalue weighted by molar-refractivity contribution is 6.33. The third-order valence-corrected chi connectivity index (χ3v) is 5.75. The molecule has 0 bridgehead atoms. The van der Waals surface area contributed by atoms with E-state index in [1.54, 1.807) is 18.2 Å². The first-order chi connectivity index (χ1) is 15.1. The molecule has 0 radical (unpaired) electrons. The molecule has 0 spiro atoms. The number of aliphatic hydroxyl groups is 2. The van der Waals surface area contributed by atoms with Gasteiger partial charge in [0.25, 0.3) is 0 Å². The summed E-state index contributed by atoms with van der Waals surface area (Å²) in [6.07, 6.45) is -1.58. The van der Waals surface area contributed by atoms with Crippen LogP contribution in [0.4, 0.5) is 16.2 Å². The second-order valence-electron chi connectivity index (χ2n) is 8.57. The van der Waals surface area contributed by atoms with Crippen LogP contribution in [0.25, 0.3) is 5.57 Å². The summed E-state index contributed by atoms with van der Waals surface area (Å²) in [5.74, 6) is 0. The third kappa shape index (κ3) is 5.81. The molecule has 2 amide bonds. The molecule has 3 unspecified atom stereocenters. The van der Waals surface area contributed by atoms with Crippen LogP contribution in [0.1, 0.15) is 38.3 Å². The Hall–Kier alpha value is -2.58. The van der Waals surface area contributed by atoms with E-state index < -0.39 is 24.0 Å². The van der Waals surface area contributed by atoms with Crippen molar-refractivity contribution in [2.45, 2.75) is 51.2 Å². The van der Waals surface area contributed by atoms with Crippen molar-refractivity contribution in [3.05, 3.63) is 65.2 Å². The Morgan fingerprint density at radius 3 is 2.69 bits per heavy atom. The molecule has 1 fully saturated rings. The summed E-state index contributed by atoms with van der Waals surface area (Å²) in [5, 5.41) is 28.6. The van der Waals surface area contributed by atoms with Gasteiger partial charge >= 0.3 is 6.03 Å². The molecule has 3 rings (SSSR count). The number of anilines is 2. The summed E-state index contributed by atoms with van der Waals surface area (Å²) < 4.78 is 5.57. The molecule has 1 aliphatic rings. The SMILES string of the molecule is C=C(C)c1cccc(C(C)(C)NC(=O)Nc2ccc(Cl)c(NC3OC(CO)CC3O)c2)c1. The molecule has 1 aliphatic heterocycles. The highest BCUT2D eigenvalue weighted by Crippen LogP contribution is 2.30. The Balaban J connectivity index is 1.68. The van der Waals surface area contributed by atoms with Gasteiger partial charge in [0.15, 0.2) is 6.23 Å². The van der Waals surface area contributed by atoms with Gasteiger partial charge in [-0.1, -0.05) is 42.0 Å². The average molecular weight is 460 g/mol. The first-order valence-electron chi connectivity index (χ1n) is 10.4. The van der Waals surface area contributed by atoms with Crippen molar-refractivity contribution in [1.82, 2.24) is 5.32 Å². The van der Waals surface area contributed by atoms with Crippen LogP contribution in [0.2, 0.25) is 5.02 Å². The number of amides is 2. The van der Waals surface area contributed by atoms with Crippen LogP contribution in [0, 0.1) is 0 Å². The lowest BCUT2D eigenvalue weighted by Gasteiger charge is -2.27. The van der Waals surface area contributed by atoms with E-state index in [1.807, 2.05) is 45.0 Å². The lowest BCUT2D eigenvalue weighted by Crippen LogP contribution is -2.43. The number of carbonyl (C=O) groups excluding carboxylic acids is 1. The Labute approximate surface area is 193 Å². The van der Waals surface area contributed by atoms with Crippen molar-refractivity contribution in [2.24, 2.45) is 0 Å². The fraction of sp³-hybridized carbons (Fsp3) is 0.375. The van der Waals surface area contributed by atoms with Crippen LogP contribution >= 0.6 is 11.6 Å². The van der Waals surface area contributed by atoms with E-state index in [1.165, 1.54) is 0 Å². The number of rotatable bonds is 7. The molecule has 0 saturated carbocycles. The van der Waals surface area contributed by atoms with Gasteiger partial charge in [-0.05, 0) is 56.2 Å². The zero-order chi connectivity index (χ0) is 23.5. The largest absolute Gasteiger partial charge is 0.394 e. The van der Waals surface area contributed by atoms with Gasteiger partial charge in [0.1, 0.15) is 6.10 Å². The smallest absolute Gasteiger partial charge is 0.319 e. The van der Waals surface area contributed by atoms with Gasteiger partial charge in [-0.2, -0.15) is 0 Å². The van der Waals surface area contributed by atoms with Crippen LogP contribution in [-0.2, 0) is 10.3 Å². The predicted molar refractivity (Wildman–Crippen MR) is 128 cm³/mol. The summed E-state index contributed by atoms with van der Waals surface area (Å²) in [7, 11) is 0. The molecule has 1 saturated heterocycles. The highest BCUT2D eigenvalue weighted by atomic mass is 35.5. The number of hydrogen-bond acceptors (Lipinski definition) is 5. The molecule has 2 aromatic rings. The lowest BCUT2D eigenvalue weighted by molar-refractivity contribution is 0.00534. The predicted octanol–water partition coefficient (Wildman–Crippen LogP) is 4.31. The molecule has 0 aromatic heterocycles. The molecular weight excluding hydrogens is 430 g/mol. The first-order valence-corrected chi connectivity index (χ1v) is 10.8. The monoisotopic (exact) mass is 459 g/mol. The summed E-state index contributed by atoms with van der Waals surface area (Å²) in [5.41, 5.74) is 3.33. The Bertz CT molecular complexity index is 995. The minimum absolute atomic E-state index is 0.171. The second-order valence-corrected chi connectivity index (χ2v) is 8.98. The number of allylic oxidation sites excluding steroid dienone is 1. The molecule has 3 atom stereocenters. The maximum absolute atomic E-state index is 12.7. The van der Waals surface area contributed by atoms with Gasteiger partial charge < -0.3 is 30.9 Å². The van der Waals surface area contributed by atoms with Crippen LogP contribution in [0.5, 0.6) is 0 Å². The summed E-state index contributed by atoms with van der Waals surface area (Å²) in [6.45, 7) is 9.60.